The van der Waals surface area contributed by atoms with Gasteiger partial charge >= 0.3 is 0 Å². The fraction of sp³-hybridized carbons (Fsp3) is 0.562. The van der Waals surface area contributed by atoms with Gasteiger partial charge in [0, 0.05) is 6.04 Å². The molecule has 0 saturated carbocycles. The Kier molecular flexibility index (Phi) is 3.74. The Morgan fingerprint density at radius 2 is 2.15 bits per heavy atom. The minimum Gasteiger partial charge on any atom is -0.324 e. The van der Waals surface area contributed by atoms with E-state index in [4.69, 9.17) is 0 Å². The van der Waals surface area contributed by atoms with Gasteiger partial charge in [-0.15, -0.1) is 0 Å². The van der Waals surface area contributed by atoms with Crippen LogP contribution in [0.5, 0.6) is 0 Å². The Bertz CT molecular complexity index is 595. The summed E-state index contributed by atoms with van der Waals surface area (Å²) >= 11 is 0. The van der Waals surface area contributed by atoms with Crippen molar-refractivity contribution in [2.24, 2.45) is 0 Å². The van der Waals surface area contributed by atoms with E-state index in [9.17, 15) is 4.39 Å². The molecule has 4 heteroatoms. The molecule has 3 rings (SSSR count). The molecule has 1 saturated heterocycles. The summed E-state index contributed by atoms with van der Waals surface area (Å²) in [5.41, 5.74) is 1.41. The number of hydrogen-bond acceptors (Lipinski definition) is 2. The minimum atomic E-state index is -0.225. The van der Waals surface area contributed by atoms with Gasteiger partial charge in [0.1, 0.15) is 11.3 Å². The second-order valence-electron chi connectivity index (χ2n) is 5.90. The van der Waals surface area contributed by atoms with Crippen molar-refractivity contribution in [2.75, 3.05) is 6.54 Å². The molecule has 2 aromatic rings. The maximum atomic E-state index is 14.0. The van der Waals surface area contributed by atoms with Crippen molar-refractivity contribution >= 4 is 11.0 Å². The summed E-state index contributed by atoms with van der Waals surface area (Å²) in [7, 11) is 0. The van der Waals surface area contributed by atoms with E-state index in [1.807, 2.05) is 6.07 Å². The molecule has 0 radical (unpaired) electrons. The molecular weight excluding hydrogens is 253 g/mol. The predicted molar refractivity (Wildman–Crippen MR) is 79.3 cm³/mol. The van der Waals surface area contributed by atoms with Gasteiger partial charge in [0.15, 0.2) is 5.82 Å². The zero-order valence-corrected chi connectivity index (χ0v) is 12.2. The van der Waals surface area contributed by atoms with Crippen molar-refractivity contribution in [2.45, 2.75) is 51.6 Å². The number of fused-ring (bicyclic) bond motifs is 1. The number of nitrogens with one attached hydrogen (secondary N) is 1. The van der Waals surface area contributed by atoms with Crippen molar-refractivity contribution in [1.82, 2.24) is 14.9 Å². The highest BCUT2D eigenvalue weighted by Gasteiger charge is 2.23. The van der Waals surface area contributed by atoms with E-state index < -0.39 is 0 Å². The number of imidazole rings is 1. The normalized spacial score (nSPS) is 20.5. The first-order valence-electron chi connectivity index (χ1n) is 7.58. The largest absolute Gasteiger partial charge is 0.324 e. The van der Waals surface area contributed by atoms with Crippen molar-refractivity contribution in [3.8, 4) is 0 Å². The number of aromatic nitrogens is 2. The second kappa shape index (κ2) is 5.52. The van der Waals surface area contributed by atoms with E-state index in [0.717, 1.165) is 24.3 Å². The Morgan fingerprint density at radius 3 is 2.95 bits per heavy atom. The van der Waals surface area contributed by atoms with Crippen molar-refractivity contribution < 1.29 is 4.39 Å². The highest BCUT2D eigenvalue weighted by atomic mass is 19.1. The fourth-order valence-electron chi connectivity index (χ4n) is 3.14. The van der Waals surface area contributed by atoms with Gasteiger partial charge in [-0.3, -0.25) is 0 Å². The Balaban J connectivity index is 2.13. The van der Waals surface area contributed by atoms with Crippen LogP contribution in [0.2, 0.25) is 0 Å². The molecule has 1 aliphatic heterocycles. The summed E-state index contributed by atoms with van der Waals surface area (Å²) in [4.78, 5) is 4.62. The van der Waals surface area contributed by atoms with Crippen LogP contribution in [-0.2, 0) is 0 Å². The summed E-state index contributed by atoms with van der Waals surface area (Å²) in [6.45, 7) is 5.28. The zero-order chi connectivity index (χ0) is 14.1. The lowest BCUT2D eigenvalue weighted by Crippen LogP contribution is -2.24. The molecule has 20 heavy (non-hydrogen) atoms. The predicted octanol–water partition coefficient (Wildman–Crippen LogP) is 3.96. The third-order valence-corrected chi connectivity index (χ3v) is 4.09. The van der Waals surface area contributed by atoms with Gasteiger partial charge in [-0.2, -0.15) is 0 Å². The highest BCUT2D eigenvalue weighted by Crippen LogP contribution is 2.29. The summed E-state index contributed by atoms with van der Waals surface area (Å²) in [5.74, 6) is 0.763. The first-order valence-corrected chi connectivity index (χ1v) is 7.58. The van der Waals surface area contributed by atoms with E-state index >= 15 is 0 Å². The average Bonchev–Trinajstić information content (AvgIpc) is 2.62. The van der Waals surface area contributed by atoms with Crippen LogP contribution in [0.15, 0.2) is 18.2 Å². The van der Waals surface area contributed by atoms with E-state index in [-0.39, 0.29) is 17.9 Å². The lowest BCUT2D eigenvalue weighted by molar-refractivity contribution is 0.464. The minimum absolute atomic E-state index is 0.225. The van der Waals surface area contributed by atoms with Crippen LogP contribution in [0.25, 0.3) is 11.0 Å². The Morgan fingerprint density at radius 1 is 1.30 bits per heavy atom. The number of halogens is 1. The molecule has 2 heterocycles. The number of benzene rings is 1. The van der Waals surface area contributed by atoms with Crippen molar-refractivity contribution in [3.05, 3.63) is 29.8 Å². The molecule has 0 bridgehead atoms. The number of nitrogens with zero attached hydrogens (tertiary/aromatic N) is 2. The molecule has 1 fully saturated rings. The summed E-state index contributed by atoms with van der Waals surface area (Å²) in [6.07, 6.45) is 4.77. The second-order valence-corrected chi connectivity index (χ2v) is 5.90. The first-order chi connectivity index (χ1) is 9.68. The van der Waals surface area contributed by atoms with E-state index in [1.165, 1.54) is 25.3 Å². The van der Waals surface area contributed by atoms with Gasteiger partial charge in [0.05, 0.1) is 11.6 Å². The maximum absolute atomic E-state index is 14.0. The van der Waals surface area contributed by atoms with Crippen LogP contribution >= 0.6 is 0 Å². The van der Waals surface area contributed by atoms with Gasteiger partial charge in [-0.25, -0.2) is 9.37 Å². The van der Waals surface area contributed by atoms with Crippen LogP contribution in [-0.4, -0.2) is 16.1 Å². The average molecular weight is 275 g/mol. The third kappa shape index (κ3) is 2.33. The molecule has 0 spiro atoms. The standard InChI is InChI=1S/C16H22FN3/c1-11(2)20-14-9-6-7-12(17)15(14)19-16(20)13-8-4-3-5-10-18-13/h6-7,9,11,13,18H,3-5,8,10H2,1-2H3. The quantitative estimate of drug-likeness (QED) is 0.899. The van der Waals surface area contributed by atoms with E-state index in [0.29, 0.717) is 5.52 Å². The summed E-state index contributed by atoms with van der Waals surface area (Å²) < 4.78 is 16.2. The van der Waals surface area contributed by atoms with Gasteiger partial charge < -0.3 is 9.88 Å². The van der Waals surface area contributed by atoms with Gasteiger partial charge in [-0.1, -0.05) is 18.9 Å². The van der Waals surface area contributed by atoms with E-state index in [2.05, 4.69) is 28.7 Å². The smallest absolute Gasteiger partial charge is 0.151 e. The van der Waals surface area contributed by atoms with E-state index in [1.54, 1.807) is 6.07 Å². The molecule has 1 aromatic carbocycles. The number of para-hydroxylation sites is 1. The molecule has 1 atom stereocenters. The first kappa shape index (κ1) is 13.6. The Labute approximate surface area is 119 Å². The van der Waals surface area contributed by atoms with Crippen LogP contribution in [0, 0.1) is 5.82 Å². The topological polar surface area (TPSA) is 29.9 Å². The maximum Gasteiger partial charge on any atom is 0.151 e. The lowest BCUT2D eigenvalue weighted by Gasteiger charge is -2.20. The fourth-order valence-corrected chi connectivity index (χ4v) is 3.14. The highest BCUT2D eigenvalue weighted by molar-refractivity contribution is 5.77. The number of hydrogen-bond donors (Lipinski definition) is 1. The SMILES string of the molecule is CC(C)n1c(C2CCCCCN2)nc2c(F)cccc21. The molecule has 0 amide bonds. The van der Waals surface area contributed by atoms with Gasteiger partial charge in [-0.05, 0) is 45.4 Å². The number of rotatable bonds is 2. The molecule has 1 N–H and O–H groups in total. The van der Waals surface area contributed by atoms with Gasteiger partial charge in [0.25, 0.3) is 0 Å². The van der Waals surface area contributed by atoms with Crippen LogP contribution in [0.3, 0.4) is 0 Å². The summed E-state index contributed by atoms with van der Waals surface area (Å²) in [5, 5.41) is 3.57. The molecule has 0 aliphatic carbocycles. The van der Waals surface area contributed by atoms with Crippen molar-refractivity contribution in [1.29, 1.82) is 0 Å². The van der Waals surface area contributed by atoms with Crippen molar-refractivity contribution in [3.63, 3.8) is 0 Å². The Hall–Kier alpha value is -1.42. The molecule has 1 aromatic heterocycles. The molecule has 1 aliphatic rings. The van der Waals surface area contributed by atoms with Crippen LogP contribution in [0.4, 0.5) is 4.39 Å². The monoisotopic (exact) mass is 275 g/mol. The summed E-state index contributed by atoms with van der Waals surface area (Å²) in [6, 6.07) is 5.74. The molecular formula is C16H22FN3. The lowest BCUT2D eigenvalue weighted by atomic mass is 10.1. The molecule has 3 nitrogen and oxygen atoms in total. The third-order valence-electron chi connectivity index (χ3n) is 4.09. The zero-order valence-electron chi connectivity index (χ0n) is 12.2. The van der Waals surface area contributed by atoms with Crippen LogP contribution < -0.4 is 5.32 Å². The van der Waals surface area contributed by atoms with Gasteiger partial charge in [0.2, 0.25) is 0 Å². The molecule has 1 unspecified atom stereocenters. The molecule has 108 valence electrons. The van der Waals surface area contributed by atoms with Crippen LogP contribution in [0.1, 0.15) is 57.4 Å².